The Bertz CT molecular complexity index is 440. The van der Waals surface area contributed by atoms with Gasteiger partial charge in [-0.2, -0.15) is 4.52 Å². The fourth-order valence-corrected chi connectivity index (χ4v) is 1.13. The highest BCUT2D eigenvalue weighted by Gasteiger charge is 2.09. The molecule has 0 unspecified atom stereocenters. The SMILES string of the molecule is OCC(CO)Nc1cncc2nnnn12. The Morgan fingerprint density at radius 3 is 2.87 bits per heavy atom. The molecule has 8 nitrogen and oxygen atoms in total. The number of nitrogens with one attached hydrogen (secondary N) is 1. The minimum Gasteiger partial charge on any atom is -0.394 e. The molecule has 0 aliphatic rings. The van der Waals surface area contributed by atoms with E-state index in [-0.39, 0.29) is 13.2 Å². The lowest BCUT2D eigenvalue weighted by Gasteiger charge is -2.14. The van der Waals surface area contributed by atoms with Gasteiger partial charge in [-0.25, -0.2) is 0 Å². The zero-order valence-electron chi connectivity index (χ0n) is 7.78. The Balaban J connectivity index is 2.30. The lowest BCUT2D eigenvalue weighted by Crippen LogP contribution is -2.28. The number of hydrogen-bond donors (Lipinski definition) is 3. The summed E-state index contributed by atoms with van der Waals surface area (Å²) < 4.78 is 1.44. The third-order valence-corrected chi connectivity index (χ3v) is 1.90. The van der Waals surface area contributed by atoms with E-state index in [9.17, 15) is 0 Å². The number of tetrazole rings is 1. The molecule has 8 heteroatoms. The molecule has 2 aromatic rings. The molecule has 0 amide bonds. The number of hydrogen-bond acceptors (Lipinski definition) is 7. The van der Waals surface area contributed by atoms with Crippen molar-refractivity contribution in [2.45, 2.75) is 6.04 Å². The molecule has 0 spiro atoms. The van der Waals surface area contributed by atoms with Crippen molar-refractivity contribution < 1.29 is 10.2 Å². The number of aliphatic hydroxyl groups excluding tert-OH is 2. The van der Waals surface area contributed by atoms with Crippen molar-refractivity contribution in [2.75, 3.05) is 18.5 Å². The van der Waals surface area contributed by atoms with Crippen LogP contribution in [0.1, 0.15) is 0 Å². The van der Waals surface area contributed by atoms with Crippen LogP contribution in [0.2, 0.25) is 0 Å². The van der Waals surface area contributed by atoms with Crippen LogP contribution in [0.15, 0.2) is 12.4 Å². The third-order valence-electron chi connectivity index (χ3n) is 1.90. The van der Waals surface area contributed by atoms with Gasteiger partial charge in [0.15, 0.2) is 11.5 Å². The average molecular weight is 210 g/mol. The van der Waals surface area contributed by atoms with Crippen LogP contribution in [0.5, 0.6) is 0 Å². The van der Waals surface area contributed by atoms with E-state index in [0.29, 0.717) is 11.5 Å². The zero-order chi connectivity index (χ0) is 10.7. The van der Waals surface area contributed by atoms with Crippen LogP contribution >= 0.6 is 0 Å². The number of nitrogens with zero attached hydrogens (tertiary/aromatic N) is 5. The molecule has 2 rings (SSSR count). The van der Waals surface area contributed by atoms with Crippen molar-refractivity contribution >= 4 is 11.5 Å². The van der Waals surface area contributed by atoms with Gasteiger partial charge in [0.25, 0.3) is 0 Å². The van der Waals surface area contributed by atoms with Gasteiger partial charge in [-0.3, -0.25) is 4.98 Å². The van der Waals surface area contributed by atoms with E-state index in [1.54, 1.807) is 0 Å². The molecule has 0 radical (unpaired) electrons. The van der Waals surface area contributed by atoms with Gasteiger partial charge in [0, 0.05) is 0 Å². The van der Waals surface area contributed by atoms with Gasteiger partial charge in [0.2, 0.25) is 0 Å². The van der Waals surface area contributed by atoms with Crippen molar-refractivity contribution in [3.63, 3.8) is 0 Å². The Hall–Kier alpha value is -1.80. The van der Waals surface area contributed by atoms with Crippen LogP contribution in [0, 0.1) is 0 Å². The van der Waals surface area contributed by atoms with Crippen molar-refractivity contribution in [1.29, 1.82) is 0 Å². The van der Waals surface area contributed by atoms with E-state index in [1.807, 2.05) is 0 Å². The lowest BCUT2D eigenvalue weighted by atomic mass is 10.3. The van der Waals surface area contributed by atoms with E-state index >= 15 is 0 Å². The monoisotopic (exact) mass is 210 g/mol. The molecule has 0 saturated heterocycles. The Kier molecular flexibility index (Phi) is 2.70. The summed E-state index contributed by atoms with van der Waals surface area (Å²) in [5, 5.41) is 31.6. The summed E-state index contributed by atoms with van der Waals surface area (Å²) >= 11 is 0. The van der Waals surface area contributed by atoms with Gasteiger partial charge < -0.3 is 15.5 Å². The lowest BCUT2D eigenvalue weighted by molar-refractivity contribution is 0.203. The maximum absolute atomic E-state index is 8.91. The smallest absolute Gasteiger partial charge is 0.199 e. The van der Waals surface area contributed by atoms with E-state index in [2.05, 4.69) is 25.8 Å². The van der Waals surface area contributed by atoms with E-state index in [0.717, 1.165) is 0 Å². The van der Waals surface area contributed by atoms with Crippen molar-refractivity contribution in [3.8, 4) is 0 Å². The zero-order valence-corrected chi connectivity index (χ0v) is 7.78. The van der Waals surface area contributed by atoms with Gasteiger partial charge in [0.1, 0.15) is 0 Å². The molecule has 0 aliphatic carbocycles. The molecule has 0 aliphatic heterocycles. The van der Waals surface area contributed by atoms with Crippen molar-refractivity contribution in [3.05, 3.63) is 12.4 Å². The molecule has 0 fully saturated rings. The van der Waals surface area contributed by atoms with Gasteiger partial charge in [-0.05, 0) is 10.4 Å². The Labute approximate surface area is 84.6 Å². The molecule has 0 aromatic carbocycles. The quantitative estimate of drug-likeness (QED) is 0.551. The molecule has 0 atom stereocenters. The molecule has 15 heavy (non-hydrogen) atoms. The Morgan fingerprint density at radius 1 is 1.33 bits per heavy atom. The van der Waals surface area contributed by atoms with Crippen LogP contribution in [-0.2, 0) is 0 Å². The van der Waals surface area contributed by atoms with Crippen LogP contribution in [0.3, 0.4) is 0 Å². The van der Waals surface area contributed by atoms with Crippen LogP contribution in [0.4, 0.5) is 5.82 Å². The number of anilines is 1. The van der Waals surface area contributed by atoms with Crippen molar-refractivity contribution in [2.24, 2.45) is 0 Å². The standard InChI is InChI=1S/C7H10N6O2/c14-3-5(4-15)9-6-1-8-2-7-10-11-12-13(6)7/h1-2,5,9,14-15H,3-4H2. The summed E-state index contributed by atoms with van der Waals surface area (Å²) in [6, 6.07) is -0.457. The second-order valence-electron chi connectivity index (χ2n) is 2.95. The summed E-state index contributed by atoms with van der Waals surface area (Å²) in [5.74, 6) is 0.519. The van der Waals surface area contributed by atoms with E-state index < -0.39 is 6.04 Å². The van der Waals surface area contributed by atoms with Crippen molar-refractivity contribution in [1.82, 2.24) is 25.0 Å². The third kappa shape index (κ3) is 1.85. The molecule has 80 valence electrons. The normalized spacial score (nSPS) is 11.1. The van der Waals surface area contributed by atoms with E-state index in [1.165, 1.54) is 16.9 Å². The fourth-order valence-electron chi connectivity index (χ4n) is 1.13. The highest BCUT2D eigenvalue weighted by Crippen LogP contribution is 2.06. The topological polar surface area (TPSA) is 108 Å². The first-order valence-electron chi connectivity index (χ1n) is 4.35. The van der Waals surface area contributed by atoms with Crippen LogP contribution < -0.4 is 5.32 Å². The number of rotatable bonds is 4. The predicted molar refractivity (Wildman–Crippen MR) is 50.2 cm³/mol. The summed E-state index contributed by atoms with van der Waals surface area (Å²) in [7, 11) is 0. The van der Waals surface area contributed by atoms with Gasteiger partial charge in [0.05, 0.1) is 31.6 Å². The highest BCUT2D eigenvalue weighted by atomic mass is 16.3. The fraction of sp³-hybridized carbons (Fsp3) is 0.429. The van der Waals surface area contributed by atoms with Crippen LogP contribution in [-0.4, -0.2) is 54.5 Å². The first-order chi connectivity index (χ1) is 7.35. The molecular formula is C7H10N6O2. The van der Waals surface area contributed by atoms with Gasteiger partial charge in [-0.15, -0.1) is 5.10 Å². The average Bonchev–Trinajstić information content (AvgIpc) is 2.74. The summed E-state index contributed by atoms with van der Waals surface area (Å²) in [4.78, 5) is 3.92. The number of fused-ring (bicyclic) bond motifs is 1. The minimum absolute atomic E-state index is 0.186. The predicted octanol–water partition coefficient (Wildman–Crippen LogP) is -1.72. The highest BCUT2D eigenvalue weighted by molar-refractivity contribution is 5.44. The summed E-state index contributed by atoms with van der Waals surface area (Å²) in [6.07, 6.45) is 3.03. The van der Waals surface area contributed by atoms with Crippen LogP contribution in [0.25, 0.3) is 5.65 Å². The molecular weight excluding hydrogens is 200 g/mol. The largest absolute Gasteiger partial charge is 0.394 e. The number of aliphatic hydroxyl groups is 2. The first kappa shape index (κ1) is 9.74. The second-order valence-corrected chi connectivity index (χ2v) is 2.95. The van der Waals surface area contributed by atoms with Gasteiger partial charge >= 0.3 is 0 Å². The van der Waals surface area contributed by atoms with E-state index in [4.69, 9.17) is 10.2 Å². The van der Waals surface area contributed by atoms with Gasteiger partial charge in [-0.1, -0.05) is 0 Å². The molecule has 3 N–H and O–H groups in total. The molecule has 2 heterocycles. The molecule has 0 saturated carbocycles. The summed E-state index contributed by atoms with van der Waals surface area (Å²) in [5.41, 5.74) is 0.495. The first-order valence-corrected chi connectivity index (χ1v) is 4.35. The second kappa shape index (κ2) is 4.15. The minimum atomic E-state index is -0.457. The summed E-state index contributed by atoms with van der Waals surface area (Å²) in [6.45, 7) is -0.371. The number of aromatic nitrogens is 5. The molecule has 0 bridgehead atoms. The Morgan fingerprint density at radius 2 is 2.13 bits per heavy atom. The maximum Gasteiger partial charge on any atom is 0.199 e. The maximum atomic E-state index is 8.91. The molecule has 2 aromatic heterocycles.